The van der Waals surface area contributed by atoms with Gasteiger partial charge in [-0.1, -0.05) is 91.0 Å². The average Bonchev–Trinajstić information content (AvgIpc) is 3.70. The number of hydrogen-bond acceptors (Lipinski definition) is 3. The number of nitrogens with zero attached hydrogens (tertiary/aromatic N) is 5. The lowest BCUT2D eigenvalue weighted by Crippen LogP contribution is -2.00. The fraction of sp³-hybridized carbons (Fsp3) is 0. The summed E-state index contributed by atoms with van der Waals surface area (Å²) in [5.74, 6) is 0. The van der Waals surface area contributed by atoms with Gasteiger partial charge in [0.05, 0.1) is 56.6 Å². The maximum Gasteiger partial charge on any atom is 0.101 e. The minimum atomic E-state index is 0.519. The first-order valence-electron chi connectivity index (χ1n) is 16.3. The Morgan fingerprint density at radius 2 is 0.960 bits per heavy atom. The fourth-order valence-corrected chi connectivity index (χ4v) is 7.43. The number of nitriles is 3. The Hall–Kier alpha value is -7.39. The molecule has 0 amide bonds. The van der Waals surface area contributed by atoms with E-state index in [0.717, 1.165) is 55.4 Å². The van der Waals surface area contributed by atoms with E-state index < -0.39 is 0 Å². The summed E-state index contributed by atoms with van der Waals surface area (Å²) in [6.45, 7) is 0. The Balaban J connectivity index is 1.16. The van der Waals surface area contributed by atoms with Gasteiger partial charge in [0.15, 0.2) is 0 Å². The highest BCUT2D eigenvalue weighted by Gasteiger charge is 2.20. The highest BCUT2D eigenvalue weighted by Crippen LogP contribution is 2.40. The highest BCUT2D eigenvalue weighted by molar-refractivity contribution is 6.12. The van der Waals surface area contributed by atoms with Gasteiger partial charge in [0.25, 0.3) is 0 Å². The molecule has 5 heteroatoms. The highest BCUT2D eigenvalue weighted by atomic mass is 15.0. The SMILES string of the molecule is N#Cc1ccc2c(c1)c1cccc(C#N)c1n2-c1cccc(C#N)c1-c1ccc(-c2ccc(-n3c4ccccc4c4ccccc43)cc2)cc1. The van der Waals surface area contributed by atoms with E-state index in [9.17, 15) is 15.8 Å². The van der Waals surface area contributed by atoms with Crippen molar-refractivity contribution in [1.82, 2.24) is 9.13 Å². The van der Waals surface area contributed by atoms with E-state index in [-0.39, 0.29) is 0 Å². The third kappa shape index (κ3) is 4.31. The molecule has 0 saturated heterocycles. The number of rotatable bonds is 4. The van der Waals surface area contributed by atoms with Crippen molar-refractivity contribution in [2.75, 3.05) is 0 Å². The summed E-state index contributed by atoms with van der Waals surface area (Å²) in [5, 5.41) is 34.3. The average molecular weight is 636 g/mol. The molecule has 50 heavy (non-hydrogen) atoms. The van der Waals surface area contributed by atoms with E-state index in [4.69, 9.17) is 0 Å². The number of benzene rings is 7. The topological polar surface area (TPSA) is 81.2 Å². The minimum Gasteiger partial charge on any atom is -0.309 e. The molecular weight excluding hydrogens is 611 g/mol. The number of hydrogen-bond donors (Lipinski definition) is 0. The van der Waals surface area contributed by atoms with Gasteiger partial charge in [-0.2, -0.15) is 15.8 Å². The molecule has 0 aliphatic heterocycles. The molecule has 0 N–H and O–H groups in total. The van der Waals surface area contributed by atoms with Crippen molar-refractivity contribution in [3.63, 3.8) is 0 Å². The molecule has 0 aliphatic rings. The predicted molar refractivity (Wildman–Crippen MR) is 200 cm³/mol. The first-order valence-corrected chi connectivity index (χ1v) is 16.3. The molecule has 0 saturated carbocycles. The van der Waals surface area contributed by atoms with Crippen molar-refractivity contribution < 1.29 is 0 Å². The van der Waals surface area contributed by atoms with E-state index in [1.54, 1.807) is 12.1 Å². The molecule has 0 unspecified atom stereocenters. The van der Waals surface area contributed by atoms with E-state index in [0.29, 0.717) is 16.7 Å². The maximum atomic E-state index is 10.3. The van der Waals surface area contributed by atoms with Gasteiger partial charge in [-0.3, -0.25) is 0 Å². The molecule has 0 bridgehead atoms. The van der Waals surface area contributed by atoms with Crippen LogP contribution < -0.4 is 0 Å². The normalized spacial score (nSPS) is 11.1. The summed E-state index contributed by atoms with van der Waals surface area (Å²) >= 11 is 0. The van der Waals surface area contributed by atoms with Crippen LogP contribution in [0.15, 0.2) is 152 Å². The molecular formula is C45H25N5. The molecule has 0 atom stereocenters. The van der Waals surface area contributed by atoms with Gasteiger partial charge in [0, 0.05) is 32.8 Å². The van der Waals surface area contributed by atoms with E-state index in [1.807, 2.05) is 42.5 Å². The molecule has 9 rings (SSSR count). The fourth-order valence-electron chi connectivity index (χ4n) is 7.43. The molecule has 0 aliphatic carbocycles. The zero-order valence-electron chi connectivity index (χ0n) is 26.7. The Kier molecular flexibility index (Phi) is 6.56. The van der Waals surface area contributed by atoms with Gasteiger partial charge in [-0.05, 0) is 77.4 Å². The molecule has 0 spiro atoms. The molecule has 0 radical (unpaired) electrons. The second kappa shape index (κ2) is 11.4. The van der Waals surface area contributed by atoms with Crippen LogP contribution in [0.2, 0.25) is 0 Å². The Morgan fingerprint density at radius 1 is 0.400 bits per heavy atom. The van der Waals surface area contributed by atoms with Crippen LogP contribution in [0, 0.1) is 34.0 Å². The standard InChI is InChI=1S/C45H25N5/c46-26-29-15-24-42-39(25-29)38-11-5-8-34(28-48)45(38)50(42)43-14-6-7-33(27-47)44(43)32-18-16-30(17-19-32)31-20-22-35(23-21-31)49-40-12-3-1-9-36(40)37-10-2-4-13-41(37)49/h1-25H. The lowest BCUT2D eigenvalue weighted by atomic mass is 9.95. The smallest absolute Gasteiger partial charge is 0.101 e. The second-order valence-electron chi connectivity index (χ2n) is 12.3. The summed E-state index contributed by atoms with van der Waals surface area (Å²) < 4.78 is 4.37. The summed E-state index contributed by atoms with van der Waals surface area (Å²) in [6, 6.07) is 57.9. The molecule has 230 valence electrons. The third-order valence-electron chi connectivity index (χ3n) is 9.65. The van der Waals surface area contributed by atoms with Crippen LogP contribution in [-0.2, 0) is 0 Å². The quantitative estimate of drug-likeness (QED) is 0.193. The number of para-hydroxylation sites is 3. The van der Waals surface area contributed by atoms with Crippen molar-refractivity contribution in [2.45, 2.75) is 0 Å². The van der Waals surface area contributed by atoms with Crippen LogP contribution >= 0.6 is 0 Å². The van der Waals surface area contributed by atoms with Gasteiger partial charge in [-0.15, -0.1) is 0 Å². The van der Waals surface area contributed by atoms with Crippen molar-refractivity contribution in [3.05, 3.63) is 168 Å². The molecule has 2 heterocycles. The van der Waals surface area contributed by atoms with Gasteiger partial charge < -0.3 is 9.13 Å². The summed E-state index contributed by atoms with van der Waals surface area (Å²) in [7, 11) is 0. The van der Waals surface area contributed by atoms with Gasteiger partial charge in [0.1, 0.15) is 6.07 Å². The molecule has 5 nitrogen and oxygen atoms in total. The molecule has 2 aromatic heterocycles. The third-order valence-corrected chi connectivity index (χ3v) is 9.65. The second-order valence-corrected chi connectivity index (χ2v) is 12.3. The maximum absolute atomic E-state index is 10.3. The Morgan fingerprint density at radius 3 is 1.62 bits per heavy atom. The molecule has 0 fully saturated rings. The summed E-state index contributed by atoms with van der Waals surface area (Å²) in [5.41, 5.74) is 11.3. The van der Waals surface area contributed by atoms with Gasteiger partial charge in [0.2, 0.25) is 0 Å². The van der Waals surface area contributed by atoms with Crippen LogP contribution in [0.4, 0.5) is 0 Å². The Bertz CT molecular complexity index is 2890. The largest absolute Gasteiger partial charge is 0.309 e. The van der Waals surface area contributed by atoms with Crippen molar-refractivity contribution in [1.29, 1.82) is 15.8 Å². The lowest BCUT2D eigenvalue weighted by Gasteiger charge is -2.16. The van der Waals surface area contributed by atoms with Crippen molar-refractivity contribution in [2.24, 2.45) is 0 Å². The van der Waals surface area contributed by atoms with E-state index in [2.05, 4.69) is 124 Å². The van der Waals surface area contributed by atoms with E-state index in [1.165, 1.54) is 21.8 Å². The zero-order valence-corrected chi connectivity index (χ0v) is 26.7. The monoisotopic (exact) mass is 635 g/mol. The molecule has 9 aromatic rings. The van der Waals surface area contributed by atoms with Crippen molar-refractivity contribution >= 4 is 43.6 Å². The Labute approximate surface area is 287 Å². The van der Waals surface area contributed by atoms with Crippen molar-refractivity contribution in [3.8, 4) is 51.8 Å². The van der Waals surface area contributed by atoms with Gasteiger partial charge >= 0.3 is 0 Å². The van der Waals surface area contributed by atoms with Gasteiger partial charge in [-0.25, -0.2) is 0 Å². The predicted octanol–water partition coefficient (Wildman–Crippen LogP) is 10.8. The zero-order chi connectivity index (χ0) is 33.8. The first kappa shape index (κ1) is 28.8. The first-order chi connectivity index (χ1) is 24.7. The number of aromatic nitrogens is 2. The molecule has 7 aromatic carbocycles. The van der Waals surface area contributed by atoms with E-state index >= 15 is 0 Å². The van der Waals surface area contributed by atoms with Crippen LogP contribution in [0.25, 0.3) is 77.2 Å². The van der Waals surface area contributed by atoms with Crippen LogP contribution in [0.5, 0.6) is 0 Å². The summed E-state index contributed by atoms with van der Waals surface area (Å²) in [4.78, 5) is 0. The lowest BCUT2D eigenvalue weighted by molar-refractivity contribution is 1.17. The van der Waals surface area contributed by atoms with Crippen LogP contribution in [0.3, 0.4) is 0 Å². The minimum absolute atomic E-state index is 0.519. The summed E-state index contributed by atoms with van der Waals surface area (Å²) in [6.07, 6.45) is 0. The van der Waals surface area contributed by atoms with Crippen LogP contribution in [-0.4, -0.2) is 9.13 Å². The number of fused-ring (bicyclic) bond motifs is 6. The van der Waals surface area contributed by atoms with Crippen LogP contribution in [0.1, 0.15) is 16.7 Å².